The molecule has 0 radical (unpaired) electrons. The molecule has 0 bridgehead atoms. The Kier molecular flexibility index (Phi) is 2.63. The molecule has 4 heteroatoms. The van der Waals surface area contributed by atoms with Crippen LogP contribution in [0.15, 0.2) is 18.3 Å². The minimum Gasteiger partial charge on any atom is -0.389 e. The fourth-order valence-electron chi connectivity index (χ4n) is 1.69. The van der Waals surface area contributed by atoms with Crippen molar-refractivity contribution in [2.45, 2.75) is 12.8 Å². The van der Waals surface area contributed by atoms with Crippen molar-refractivity contribution in [3.8, 4) is 0 Å². The molecule has 0 amide bonds. The number of hydrogen-bond donors (Lipinski definition) is 1. The van der Waals surface area contributed by atoms with Gasteiger partial charge in [-0.3, -0.25) is 0 Å². The third kappa shape index (κ3) is 1.85. The zero-order chi connectivity index (χ0) is 9.97. The molecule has 2 rings (SSSR count). The van der Waals surface area contributed by atoms with Gasteiger partial charge in [-0.05, 0) is 25.0 Å². The zero-order valence-corrected chi connectivity index (χ0v) is 8.76. The summed E-state index contributed by atoms with van der Waals surface area (Å²) in [7, 11) is 0. The Hall–Kier alpha value is -1.16. The van der Waals surface area contributed by atoms with E-state index in [-0.39, 0.29) is 0 Å². The van der Waals surface area contributed by atoms with E-state index in [2.05, 4.69) is 9.88 Å². The molecule has 0 unspecified atom stereocenters. The average molecular weight is 207 g/mol. The van der Waals surface area contributed by atoms with E-state index in [1.54, 1.807) is 6.20 Å². The lowest BCUT2D eigenvalue weighted by Gasteiger charge is -2.16. The average Bonchev–Trinajstić information content (AvgIpc) is 2.71. The molecule has 74 valence electrons. The lowest BCUT2D eigenvalue weighted by molar-refractivity contribution is 0.937. The van der Waals surface area contributed by atoms with Gasteiger partial charge in [0.2, 0.25) is 0 Å². The molecule has 0 aromatic carbocycles. The maximum absolute atomic E-state index is 5.57. The summed E-state index contributed by atoms with van der Waals surface area (Å²) in [5.74, 6) is 0.993. The van der Waals surface area contributed by atoms with Crippen molar-refractivity contribution in [2.75, 3.05) is 18.0 Å². The predicted octanol–water partition coefficient (Wildman–Crippen LogP) is 1.32. The van der Waals surface area contributed by atoms with E-state index in [9.17, 15) is 0 Å². The Morgan fingerprint density at radius 3 is 2.79 bits per heavy atom. The van der Waals surface area contributed by atoms with Crippen molar-refractivity contribution >= 4 is 23.0 Å². The van der Waals surface area contributed by atoms with Crippen LogP contribution in [0.5, 0.6) is 0 Å². The summed E-state index contributed by atoms with van der Waals surface area (Å²) in [5, 5.41) is 0. The fourth-order valence-corrected chi connectivity index (χ4v) is 1.82. The summed E-state index contributed by atoms with van der Waals surface area (Å²) in [6.45, 7) is 2.18. The van der Waals surface area contributed by atoms with Crippen molar-refractivity contribution < 1.29 is 0 Å². The third-order valence-electron chi connectivity index (χ3n) is 2.46. The predicted molar refractivity (Wildman–Crippen MR) is 61.6 cm³/mol. The molecule has 0 saturated carbocycles. The van der Waals surface area contributed by atoms with Crippen LogP contribution in [0.3, 0.4) is 0 Å². The molecular weight excluding hydrogens is 194 g/mol. The van der Waals surface area contributed by atoms with Gasteiger partial charge in [0.15, 0.2) is 0 Å². The lowest BCUT2D eigenvalue weighted by atomic mass is 10.2. The van der Waals surface area contributed by atoms with Crippen molar-refractivity contribution in [3.63, 3.8) is 0 Å². The monoisotopic (exact) mass is 207 g/mol. The summed E-state index contributed by atoms with van der Waals surface area (Å²) in [6.07, 6.45) is 4.26. The number of thiocarbonyl (C=S) groups is 1. The fraction of sp³-hybridized carbons (Fsp3) is 0.400. The van der Waals surface area contributed by atoms with E-state index >= 15 is 0 Å². The topological polar surface area (TPSA) is 42.1 Å². The Bertz CT molecular complexity index is 345. The van der Waals surface area contributed by atoms with Crippen LogP contribution in [0, 0.1) is 0 Å². The second-order valence-electron chi connectivity index (χ2n) is 3.46. The number of nitrogens with zero attached hydrogens (tertiary/aromatic N) is 2. The normalized spacial score (nSPS) is 15.9. The van der Waals surface area contributed by atoms with E-state index in [0.29, 0.717) is 4.99 Å². The van der Waals surface area contributed by atoms with Gasteiger partial charge in [-0.25, -0.2) is 4.98 Å². The number of hydrogen-bond acceptors (Lipinski definition) is 3. The van der Waals surface area contributed by atoms with Gasteiger partial charge in [-0.15, -0.1) is 0 Å². The first kappa shape index (κ1) is 9.40. The number of nitrogens with two attached hydrogens (primary N) is 1. The quantitative estimate of drug-likeness (QED) is 0.743. The summed E-state index contributed by atoms with van der Waals surface area (Å²) >= 11 is 4.93. The van der Waals surface area contributed by atoms with Crippen LogP contribution in [0.25, 0.3) is 0 Å². The van der Waals surface area contributed by atoms with Crippen molar-refractivity contribution in [1.82, 2.24) is 4.98 Å². The summed E-state index contributed by atoms with van der Waals surface area (Å²) in [6, 6.07) is 3.82. The molecule has 14 heavy (non-hydrogen) atoms. The highest BCUT2D eigenvalue weighted by Crippen LogP contribution is 2.18. The molecule has 0 spiro atoms. The van der Waals surface area contributed by atoms with Gasteiger partial charge in [0.25, 0.3) is 0 Å². The van der Waals surface area contributed by atoms with E-state index in [0.717, 1.165) is 24.5 Å². The Labute approximate surface area is 88.9 Å². The van der Waals surface area contributed by atoms with E-state index in [1.165, 1.54) is 12.8 Å². The molecule has 1 aliphatic rings. The second-order valence-corrected chi connectivity index (χ2v) is 3.90. The standard InChI is InChI=1S/C10H13N3S/c11-10(14)8-3-4-12-9(7-8)13-5-1-2-6-13/h3-4,7H,1-2,5-6H2,(H2,11,14). The van der Waals surface area contributed by atoms with Crippen LogP contribution in [-0.4, -0.2) is 23.1 Å². The Morgan fingerprint density at radius 1 is 1.43 bits per heavy atom. The molecule has 1 aromatic heterocycles. The lowest BCUT2D eigenvalue weighted by Crippen LogP contribution is -2.20. The molecule has 3 nitrogen and oxygen atoms in total. The van der Waals surface area contributed by atoms with Crippen LogP contribution >= 0.6 is 12.2 Å². The highest BCUT2D eigenvalue weighted by Gasteiger charge is 2.13. The van der Waals surface area contributed by atoms with Gasteiger partial charge in [0.1, 0.15) is 10.8 Å². The van der Waals surface area contributed by atoms with Gasteiger partial charge in [-0.2, -0.15) is 0 Å². The van der Waals surface area contributed by atoms with Crippen LogP contribution < -0.4 is 10.6 Å². The van der Waals surface area contributed by atoms with Crippen LogP contribution in [-0.2, 0) is 0 Å². The van der Waals surface area contributed by atoms with Crippen molar-refractivity contribution in [2.24, 2.45) is 5.73 Å². The first-order valence-corrected chi connectivity index (χ1v) is 5.19. The minimum absolute atomic E-state index is 0.438. The molecular formula is C10H13N3S. The Morgan fingerprint density at radius 2 is 2.14 bits per heavy atom. The molecule has 2 N–H and O–H groups in total. The summed E-state index contributed by atoms with van der Waals surface area (Å²) in [5.41, 5.74) is 6.47. The number of pyridine rings is 1. The largest absolute Gasteiger partial charge is 0.389 e. The third-order valence-corrected chi connectivity index (χ3v) is 2.70. The molecule has 1 aromatic rings. The van der Waals surface area contributed by atoms with Crippen LogP contribution in [0.4, 0.5) is 5.82 Å². The van der Waals surface area contributed by atoms with E-state index in [4.69, 9.17) is 18.0 Å². The van der Waals surface area contributed by atoms with Crippen molar-refractivity contribution in [3.05, 3.63) is 23.9 Å². The van der Waals surface area contributed by atoms with E-state index < -0.39 is 0 Å². The molecule has 1 saturated heterocycles. The maximum Gasteiger partial charge on any atom is 0.129 e. The summed E-state index contributed by atoms with van der Waals surface area (Å²) in [4.78, 5) is 7.02. The minimum atomic E-state index is 0.438. The van der Waals surface area contributed by atoms with Gasteiger partial charge in [0.05, 0.1) is 0 Å². The highest BCUT2D eigenvalue weighted by molar-refractivity contribution is 7.80. The van der Waals surface area contributed by atoms with Crippen molar-refractivity contribution in [1.29, 1.82) is 0 Å². The molecule has 1 fully saturated rings. The van der Waals surface area contributed by atoms with Crippen LogP contribution in [0.2, 0.25) is 0 Å². The maximum atomic E-state index is 5.57. The Balaban J connectivity index is 2.25. The first-order chi connectivity index (χ1) is 6.77. The first-order valence-electron chi connectivity index (χ1n) is 4.78. The smallest absolute Gasteiger partial charge is 0.129 e. The molecule has 2 heterocycles. The van der Waals surface area contributed by atoms with Gasteiger partial charge < -0.3 is 10.6 Å². The SMILES string of the molecule is NC(=S)c1ccnc(N2CCCC2)c1. The van der Waals surface area contributed by atoms with Crippen LogP contribution in [0.1, 0.15) is 18.4 Å². The van der Waals surface area contributed by atoms with E-state index in [1.807, 2.05) is 12.1 Å². The molecule has 1 aliphatic heterocycles. The second kappa shape index (κ2) is 3.92. The van der Waals surface area contributed by atoms with Gasteiger partial charge in [0, 0.05) is 24.8 Å². The number of aromatic nitrogens is 1. The summed E-state index contributed by atoms with van der Waals surface area (Å²) < 4.78 is 0. The number of anilines is 1. The number of rotatable bonds is 2. The molecule has 0 atom stereocenters. The molecule has 0 aliphatic carbocycles. The zero-order valence-electron chi connectivity index (χ0n) is 7.94. The van der Waals surface area contributed by atoms with Gasteiger partial charge in [-0.1, -0.05) is 12.2 Å². The highest BCUT2D eigenvalue weighted by atomic mass is 32.1. The van der Waals surface area contributed by atoms with Gasteiger partial charge >= 0.3 is 0 Å².